The molecule has 2 aromatic heterocycles. The number of rotatable bonds is 3. The summed E-state index contributed by atoms with van der Waals surface area (Å²) in [6, 6.07) is 6.95. The lowest BCUT2D eigenvalue weighted by atomic mass is 9.96. The molecule has 0 aliphatic carbocycles. The van der Waals surface area contributed by atoms with Gasteiger partial charge in [0, 0.05) is 44.2 Å². The summed E-state index contributed by atoms with van der Waals surface area (Å²) in [5, 5.41) is 20.8. The van der Waals surface area contributed by atoms with Crippen molar-refractivity contribution in [2.24, 2.45) is 0 Å². The Hall–Kier alpha value is -3.03. The van der Waals surface area contributed by atoms with Crippen molar-refractivity contribution >= 4 is 22.3 Å². The van der Waals surface area contributed by atoms with E-state index in [9.17, 15) is 10.1 Å². The lowest BCUT2D eigenvalue weighted by Gasteiger charge is -2.34. The Morgan fingerprint density at radius 3 is 2.96 bits per heavy atom. The monoisotopic (exact) mass is 364 g/mol. The number of anilines is 1. The Kier molecular flexibility index (Phi) is 3.77. The van der Waals surface area contributed by atoms with Gasteiger partial charge in [0.1, 0.15) is 17.2 Å². The topological polar surface area (TPSA) is 90.0 Å². The maximum Gasteiger partial charge on any atom is 0.278 e. The van der Waals surface area contributed by atoms with E-state index >= 15 is 0 Å². The molecule has 0 amide bonds. The molecule has 1 atom stereocenters. The first-order valence-corrected chi connectivity index (χ1v) is 9.41. The van der Waals surface area contributed by atoms with Gasteiger partial charge in [-0.1, -0.05) is 0 Å². The van der Waals surface area contributed by atoms with E-state index in [2.05, 4.69) is 24.6 Å². The molecule has 138 valence electrons. The molecular formula is C19H20N6O2. The summed E-state index contributed by atoms with van der Waals surface area (Å²) >= 11 is 0. The summed E-state index contributed by atoms with van der Waals surface area (Å²) in [5.74, 6) is 2.52. The normalized spacial score (nSPS) is 19.4. The lowest BCUT2D eigenvalue weighted by Crippen LogP contribution is -2.35. The van der Waals surface area contributed by atoms with E-state index in [0.717, 1.165) is 62.7 Å². The van der Waals surface area contributed by atoms with Gasteiger partial charge in [-0.15, -0.1) is 10.2 Å². The number of nitrogens with zero attached hydrogens (tertiary/aromatic N) is 6. The molecular weight excluding hydrogens is 344 g/mol. The summed E-state index contributed by atoms with van der Waals surface area (Å²) in [6.07, 6.45) is 6.00. The van der Waals surface area contributed by atoms with Crippen LogP contribution in [0.15, 0.2) is 30.5 Å². The second-order valence-electron chi connectivity index (χ2n) is 7.28. The third kappa shape index (κ3) is 2.63. The summed E-state index contributed by atoms with van der Waals surface area (Å²) in [4.78, 5) is 17.8. The number of hydrogen-bond acceptors (Lipinski definition) is 6. The number of non-ortho nitro benzene ring substituents is 1. The number of hydrogen-bond donors (Lipinski definition) is 0. The van der Waals surface area contributed by atoms with Gasteiger partial charge in [-0.3, -0.25) is 15.1 Å². The molecule has 1 aromatic carbocycles. The Bertz CT molecular complexity index is 1030. The van der Waals surface area contributed by atoms with E-state index < -0.39 is 0 Å². The van der Waals surface area contributed by atoms with Gasteiger partial charge in [0.05, 0.1) is 16.0 Å². The van der Waals surface area contributed by atoms with Crippen LogP contribution in [0.5, 0.6) is 0 Å². The molecule has 0 saturated carbocycles. The smallest absolute Gasteiger partial charge is 0.278 e. The summed E-state index contributed by atoms with van der Waals surface area (Å²) in [7, 11) is 0. The highest BCUT2D eigenvalue weighted by molar-refractivity contribution is 5.97. The second kappa shape index (κ2) is 6.29. The molecule has 0 bridgehead atoms. The van der Waals surface area contributed by atoms with Crippen molar-refractivity contribution in [1.29, 1.82) is 0 Å². The van der Waals surface area contributed by atoms with Crippen LogP contribution < -0.4 is 4.90 Å². The van der Waals surface area contributed by atoms with Gasteiger partial charge in [0.2, 0.25) is 0 Å². The molecule has 0 radical (unpaired) electrons. The minimum atomic E-state index is -0.341. The van der Waals surface area contributed by atoms with Crippen molar-refractivity contribution in [2.45, 2.75) is 38.1 Å². The first-order chi connectivity index (χ1) is 13.2. The zero-order valence-electron chi connectivity index (χ0n) is 14.9. The summed E-state index contributed by atoms with van der Waals surface area (Å²) < 4.78 is 2.28. The molecule has 27 heavy (non-hydrogen) atoms. The zero-order valence-corrected chi connectivity index (χ0v) is 14.9. The lowest BCUT2D eigenvalue weighted by molar-refractivity contribution is -0.383. The predicted molar refractivity (Wildman–Crippen MR) is 101 cm³/mol. The molecule has 1 unspecified atom stereocenters. The third-order valence-electron chi connectivity index (χ3n) is 5.69. The van der Waals surface area contributed by atoms with Crippen molar-refractivity contribution in [3.8, 4) is 0 Å². The van der Waals surface area contributed by atoms with Gasteiger partial charge in [0.25, 0.3) is 5.69 Å². The molecule has 0 spiro atoms. The van der Waals surface area contributed by atoms with Gasteiger partial charge in [-0.2, -0.15) is 0 Å². The van der Waals surface area contributed by atoms with Crippen LogP contribution in [-0.4, -0.2) is 37.8 Å². The van der Waals surface area contributed by atoms with E-state index in [1.54, 1.807) is 24.4 Å². The minimum Gasteiger partial charge on any atom is -0.369 e. The van der Waals surface area contributed by atoms with Crippen molar-refractivity contribution < 1.29 is 4.92 Å². The SMILES string of the molecule is O=[N+]([O-])c1ccc(N2CCCC(c3nnc4n3CCC4)C2)c2ncccc12. The van der Waals surface area contributed by atoms with E-state index in [1.807, 2.05) is 6.07 Å². The Labute approximate surface area is 156 Å². The van der Waals surface area contributed by atoms with Crippen molar-refractivity contribution in [3.05, 3.63) is 52.2 Å². The molecule has 1 fully saturated rings. The molecule has 2 aliphatic heterocycles. The van der Waals surface area contributed by atoms with Crippen LogP contribution >= 0.6 is 0 Å². The van der Waals surface area contributed by atoms with Crippen molar-refractivity contribution in [3.63, 3.8) is 0 Å². The highest BCUT2D eigenvalue weighted by Gasteiger charge is 2.29. The van der Waals surface area contributed by atoms with Crippen LogP contribution in [0, 0.1) is 10.1 Å². The number of aryl methyl sites for hydroxylation is 1. The number of pyridine rings is 1. The van der Waals surface area contributed by atoms with Gasteiger partial charge in [0.15, 0.2) is 0 Å². The Balaban J connectivity index is 1.51. The molecule has 2 aliphatic rings. The Morgan fingerprint density at radius 1 is 1.15 bits per heavy atom. The number of piperidine rings is 1. The average molecular weight is 364 g/mol. The first-order valence-electron chi connectivity index (χ1n) is 9.41. The third-order valence-corrected chi connectivity index (χ3v) is 5.69. The number of fused-ring (bicyclic) bond motifs is 2. The molecule has 8 heteroatoms. The Morgan fingerprint density at radius 2 is 2.07 bits per heavy atom. The highest BCUT2D eigenvalue weighted by Crippen LogP contribution is 2.36. The van der Waals surface area contributed by atoms with Crippen molar-refractivity contribution in [1.82, 2.24) is 19.7 Å². The van der Waals surface area contributed by atoms with Crippen LogP contribution in [-0.2, 0) is 13.0 Å². The standard InChI is InChI=1S/C19H20N6O2/c26-25(27)15-7-8-16(18-14(15)5-1-9-20-18)23-10-2-4-13(12-23)19-22-21-17-6-3-11-24(17)19/h1,5,7-9,13H,2-4,6,10-12H2. The maximum absolute atomic E-state index is 11.4. The number of nitro groups is 1. The molecule has 8 nitrogen and oxygen atoms in total. The van der Waals surface area contributed by atoms with Crippen LogP contribution in [0.25, 0.3) is 10.9 Å². The van der Waals surface area contributed by atoms with E-state index in [1.165, 1.54) is 0 Å². The summed E-state index contributed by atoms with van der Waals surface area (Å²) in [6.45, 7) is 2.76. The zero-order chi connectivity index (χ0) is 18.4. The van der Waals surface area contributed by atoms with Crippen LogP contribution in [0.3, 0.4) is 0 Å². The van der Waals surface area contributed by atoms with Gasteiger partial charge in [-0.05, 0) is 37.5 Å². The molecule has 4 heterocycles. The van der Waals surface area contributed by atoms with Crippen LogP contribution in [0.4, 0.5) is 11.4 Å². The van der Waals surface area contributed by atoms with Gasteiger partial charge in [-0.25, -0.2) is 0 Å². The second-order valence-corrected chi connectivity index (χ2v) is 7.28. The fourth-order valence-corrected chi connectivity index (χ4v) is 4.44. The molecule has 3 aromatic rings. The first kappa shape index (κ1) is 16.2. The largest absolute Gasteiger partial charge is 0.369 e. The molecule has 1 saturated heterocycles. The summed E-state index contributed by atoms with van der Waals surface area (Å²) in [5.41, 5.74) is 1.76. The minimum absolute atomic E-state index is 0.102. The van der Waals surface area contributed by atoms with Crippen molar-refractivity contribution in [2.75, 3.05) is 18.0 Å². The average Bonchev–Trinajstić information content (AvgIpc) is 3.31. The highest BCUT2D eigenvalue weighted by atomic mass is 16.6. The molecule has 5 rings (SSSR count). The van der Waals surface area contributed by atoms with Crippen LogP contribution in [0.2, 0.25) is 0 Å². The fraction of sp³-hybridized carbons (Fsp3) is 0.421. The number of nitro benzene ring substituents is 1. The number of aromatic nitrogens is 4. The van der Waals surface area contributed by atoms with E-state index in [-0.39, 0.29) is 10.6 Å². The number of benzene rings is 1. The molecule has 0 N–H and O–H groups in total. The fourth-order valence-electron chi connectivity index (χ4n) is 4.44. The quantitative estimate of drug-likeness (QED) is 0.524. The van der Waals surface area contributed by atoms with Gasteiger partial charge < -0.3 is 9.47 Å². The predicted octanol–water partition coefficient (Wildman–Crippen LogP) is 3.06. The maximum atomic E-state index is 11.4. The van der Waals surface area contributed by atoms with Gasteiger partial charge >= 0.3 is 0 Å². The van der Waals surface area contributed by atoms with E-state index in [0.29, 0.717) is 16.8 Å². The van der Waals surface area contributed by atoms with E-state index in [4.69, 9.17) is 0 Å². The van der Waals surface area contributed by atoms with Crippen LogP contribution in [0.1, 0.15) is 36.8 Å².